The minimum atomic E-state index is 0.874. The molecule has 10 aromatic rings. The Morgan fingerprint density at radius 1 is 0.333 bits per heavy atom. The zero-order valence-corrected chi connectivity index (χ0v) is 26.1. The molecule has 0 N–H and O–H groups in total. The molecule has 0 bridgehead atoms. The van der Waals surface area contributed by atoms with Crippen LogP contribution in [0, 0.1) is 0 Å². The lowest BCUT2D eigenvalue weighted by Gasteiger charge is -2.27. The molecule has 0 atom stereocenters. The average Bonchev–Trinajstić information content (AvgIpc) is 3.54. The molecule has 0 unspecified atom stereocenters. The fourth-order valence-electron chi connectivity index (χ4n) is 7.54. The van der Waals surface area contributed by atoms with Gasteiger partial charge < -0.3 is 9.32 Å². The van der Waals surface area contributed by atoms with E-state index in [1.165, 1.54) is 48.7 Å². The molecule has 0 saturated heterocycles. The van der Waals surface area contributed by atoms with Crippen LogP contribution in [0.25, 0.3) is 76.2 Å². The SMILES string of the molecule is c1cc(-c2ccc3ccccc3c2)cc(N(c2cccc3c2ccc2c4ccccc4ccc32)c2cccc3c2oc2ccccc23)c1. The number of fused-ring (bicyclic) bond motifs is 9. The number of furan rings is 1. The first-order chi connectivity index (χ1) is 23.8. The highest BCUT2D eigenvalue weighted by Crippen LogP contribution is 2.46. The van der Waals surface area contributed by atoms with Gasteiger partial charge in [0, 0.05) is 21.8 Å². The third kappa shape index (κ3) is 4.13. The van der Waals surface area contributed by atoms with Gasteiger partial charge in [0.15, 0.2) is 5.58 Å². The Balaban J connectivity index is 1.25. The molecule has 48 heavy (non-hydrogen) atoms. The third-order valence-corrected chi connectivity index (χ3v) is 9.81. The molecule has 0 aliphatic heterocycles. The first-order valence-electron chi connectivity index (χ1n) is 16.4. The fraction of sp³-hybridized carbons (Fsp3) is 0. The Morgan fingerprint density at radius 3 is 1.85 bits per heavy atom. The van der Waals surface area contributed by atoms with Gasteiger partial charge in [0.25, 0.3) is 0 Å². The maximum Gasteiger partial charge on any atom is 0.159 e. The van der Waals surface area contributed by atoms with Crippen molar-refractivity contribution in [2.75, 3.05) is 4.90 Å². The van der Waals surface area contributed by atoms with E-state index in [1.54, 1.807) is 0 Å². The van der Waals surface area contributed by atoms with Gasteiger partial charge >= 0.3 is 0 Å². The van der Waals surface area contributed by atoms with E-state index in [4.69, 9.17) is 4.42 Å². The van der Waals surface area contributed by atoms with Crippen molar-refractivity contribution in [1.29, 1.82) is 0 Å². The molecule has 0 spiro atoms. The van der Waals surface area contributed by atoms with E-state index in [0.717, 1.165) is 44.6 Å². The summed E-state index contributed by atoms with van der Waals surface area (Å²) >= 11 is 0. The number of anilines is 3. The summed E-state index contributed by atoms with van der Waals surface area (Å²) in [4.78, 5) is 2.38. The van der Waals surface area contributed by atoms with E-state index >= 15 is 0 Å². The molecule has 2 nitrogen and oxygen atoms in total. The van der Waals surface area contributed by atoms with Gasteiger partial charge in [-0.3, -0.25) is 0 Å². The standard InChI is InChI=1S/C46H29NO/c1-2-12-32-28-34(23-22-30(32)10-1)33-13-7-14-35(29-33)47(44-20-9-18-42-41-16-5-6-21-45(41)48-46(42)44)43-19-8-17-37-39-25-24-31-11-3-4-15-36(31)38(39)26-27-40(37)43/h1-29H. The summed E-state index contributed by atoms with van der Waals surface area (Å²) in [5.74, 6) is 0. The summed E-state index contributed by atoms with van der Waals surface area (Å²) in [5, 5.41) is 12.2. The minimum Gasteiger partial charge on any atom is -0.454 e. The van der Waals surface area contributed by atoms with Crippen molar-refractivity contribution in [2.24, 2.45) is 0 Å². The van der Waals surface area contributed by atoms with Crippen molar-refractivity contribution in [3.05, 3.63) is 176 Å². The van der Waals surface area contributed by atoms with Crippen LogP contribution < -0.4 is 4.90 Å². The molecule has 2 heteroatoms. The predicted octanol–water partition coefficient (Wildman–Crippen LogP) is 13.3. The third-order valence-electron chi connectivity index (χ3n) is 9.81. The van der Waals surface area contributed by atoms with Crippen molar-refractivity contribution in [3.63, 3.8) is 0 Å². The molecule has 10 rings (SSSR count). The Bertz CT molecular complexity index is 2860. The van der Waals surface area contributed by atoms with Gasteiger partial charge in [-0.1, -0.05) is 140 Å². The Labute approximate surface area is 277 Å². The molecule has 1 heterocycles. The second kappa shape index (κ2) is 10.6. The Kier molecular flexibility index (Phi) is 5.91. The van der Waals surface area contributed by atoms with Crippen LogP contribution in [0.15, 0.2) is 180 Å². The molecule has 0 fully saturated rings. The molecule has 0 amide bonds. The molecule has 9 aromatic carbocycles. The van der Waals surface area contributed by atoms with E-state index < -0.39 is 0 Å². The second-order valence-corrected chi connectivity index (χ2v) is 12.5. The summed E-state index contributed by atoms with van der Waals surface area (Å²) in [6.07, 6.45) is 0. The van der Waals surface area contributed by atoms with Crippen LogP contribution in [-0.2, 0) is 0 Å². The highest BCUT2D eigenvalue weighted by molar-refractivity contribution is 6.20. The van der Waals surface area contributed by atoms with Crippen LogP contribution in [-0.4, -0.2) is 0 Å². The molecule has 1 aromatic heterocycles. The summed E-state index contributed by atoms with van der Waals surface area (Å²) in [5.41, 5.74) is 7.29. The largest absolute Gasteiger partial charge is 0.454 e. The fourth-order valence-corrected chi connectivity index (χ4v) is 7.54. The van der Waals surface area contributed by atoms with Crippen molar-refractivity contribution in [2.45, 2.75) is 0 Å². The Hall–Kier alpha value is -6.38. The number of hydrogen-bond acceptors (Lipinski definition) is 2. The smallest absolute Gasteiger partial charge is 0.159 e. The first-order valence-corrected chi connectivity index (χ1v) is 16.4. The maximum absolute atomic E-state index is 6.66. The van der Waals surface area contributed by atoms with Gasteiger partial charge in [-0.15, -0.1) is 0 Å². The van der Waals surface area contributed by atoms with Crippen LogP contribution in [0.5, 0.6) is 0 Å². The maximum atomic E-state index is 6.66. The van der Waals surface area contributed by atoms with Gasteiger partial charge in [-0.05, 0) is 85.2 Å². The van der Waals surface area contributed by atoms with Crippen molar-refractivity contribution >= 4 is 82.1 Å². The van der Waals surface area contributed by atoms with Gasteiger partial charge in [-0.25, -0.2) is 0 Å². The van der Waals surface area contributed by atoms with Crippen molar-refractivity contribution in [3.8, 4) is 11.1 Å². The second-order valence-electron chi connectivity index (χ2n) is 12.5. The van der Waals surface area contributed by atoms with Crippen LogP contribution in [0.3, 0.4) is 0 Å². The minimum absolute atomic E-state index is 0.874. The van der Waals surface area contributed by atoms with E-state index in [1.807, 2.05) is 6.07 Å². The lowest BCUT2D eigenvalue weighted by Crippen LogP contribution is -2.11. The van der Waals surface area contributed by atoms with E-state index in [-0.39, 0.29) is 0 Å². The van der Waals surface area contributed by atoms with Crippen molar-refractivity contribution < 1.29 is 4.42 Å². The number of rotatable bonds is 4. The van der Waals surface area contributed by atoms with Gasteiger partial charge in [0.1, 0.15) is 5.58 Å². The summed E-state index contributed by atoms with van der Waals surface area (Å²) in [7, 11) is 0. The lowest BCUT2D eigenvalue weighted by atomic mass is 9.95. The number of hydrogen-bond donors (Lipinski definition) is 0. The zero-order chi connectivity index (χ0) is 31.6. The van der Waals surface area contributed by atoms with Crippen LogP contribution in [0.4, 0.5) is 17.1 Å². The van der Waals surface area contributed by atoms with Crippen LogP contribution >= 0.6 is 0 Å². The zero-order valence-electron chi connectivity index (χ0n) is 26.1. The van der Waals surface area contributed by atoms with Crippen LogP contribution in [0.1, 0.15) is 0 Å². The van der Waals surface area contributed by atoms with Crippen molar-refractivity contribution in [1.82, 2.24) is 0 Å². The molecule has 224 valence electrons. The van der Waals surface area contributed by atoms with Gasteiger partial charge in [-0.2, -0.15) is 0 Å². The molecule has 0 aliphatic carbocycles. The molecule has 0 aliphatic rings. The first kappa shape index (κ1) is 26.8. The van der Waals surface area contributed by atoms with E-state index in [2.05, 4.69) is 175 Å². The molecule has 0 saturated carbocycles. The van der Waals surface area contributed by atoms with Gasteiger partial charge in [0.05, 0.1) is 11.4 Å². The number of benzene rings is 9. The quantitative estimate of drug-likeness (QED) is 0.184. The summed E-state index contributed by atoms with van der Waals surface area (Å²) < 4.78 is 6.66. The summed E-state index contributed by atoms with van der Waals surface area (Å²) in [6.45, 7) is 0. The normalized spacial score (nSPS) is 11.8. The van der Waals surface area contributed by atoms with E-state index in [9.17, 15) is 0 Å². The molecule has 0 radical (unpaired) electrons. The average molecular weight is 612 g/mol. The summed E-state index contributed by atoms with van der Waals surface area (Å²) in [6, 6.07) is 63.3. The van der Waals surface area contributed by atoms with E-state index in [0.29, 0.717) is 0 Å². The molecular formula is C46H29NO. The molecular weight excluding hydrogens is 583 g/mol. The Morgan fingerprint density at radius 2 is 0.938 bits per heavy atom. The number of para-hydroxylation sites is 2. The highest BCUT2D eigenvalue weighted by Gasteiger charge is 2.22. The van der Waals surface area contributed by atoms with Crippen LogP contribution in [0.2, 0.25) is 0 Å². The monoisotopic (exact) mass is 611 g/mol. The van der Waals surface area contributed by atoms with Gasteiger partial charge in [0.2, 0.25) is 0 Å². The number of nitrogens with zero attached hydrogens (tertiary/aromatic N) is 1. The highest BCUT2D eigenvalue weighted by atomic mass is 16.3. The lowest BCUT2D eigenvalue weighted by molar-refractivity contribution is 0.669. The predicted molar refractivity (Wildman–Crippen MR) is 204 cm³/mol. The topological polar surface area (TPSA) is 16.4 Å².